The number of hydrogen-bond acceptors (Lipinski definition) is 4. The predicted molar refractivity (Wildman–Crippen MR) is 86.1 cm³/mol. The number of fused-ring (bicyclic) bond motifs is 1. The van der Waals surface area contributed by atoms with E-state index in [2.05, 4.69) is 4.74 Å². The summed E-state index contributed by atoms with van der Waals surface area (Å²) >= 11 is 0. The molecule has 28 heavy (non-hydrogen) atoms. The number of hydrogen-bond donors (Lipinski definition) is 1. The van der Waals surface area contributed by atoms with Crippen molar-refractivity contribution in [2.45, 2.75) is 12.4 Å². The average Bonchev–Trinajstić information content (AvgIpc) is 2.59. The molecule has 0 radical (unpaired) electrons. The minimum atomic E-state index is -5.42. The molecule has 0 fully saturated rings. The molecule has 0 aliphatic carbocycles. The number of phenols is 1. The second-order valence-corrected chi connectivity index (χ2v) is 5.67. The van der Waals surface area contributed by atoms with Gasteiger partial charge in [-0.3, -0.25) is 4.79 Å². The number of benzene rings is 2. The SMILES string of the molecule is COc1c(C(F)(F)F)c(O)c2c(=O)cc(-c3ccccc3)oc2c1C(F)(F)F. The number of aromatic hydroxyl groups is 1. The van der Waals surface area contributed by atoms with Gasteiger partial charge in [0, 0.05) is 11.6 Å². The van der Waals surface area contributed by atoms with Crippen molar-refractivity contribution < 1.29 is 40.6 Å². The first-order chi connectivity index (χ1) is 13.0. The van der Waals surface area contributed by atoms with Gasteiger partial charge in [0.25, 0.3) is 0 Å². The van der Waals surface area contributed by atoms with Gasteiger partial charge in [-0.25, -0.2) is 0 Å². The molecule has 0 atom stereocenters. The van der Waals surface area contributed by atoms with E-state index in [1.54, 1.807) is 6.07 Å². The van der Waals surface area contributed by atoms with E-state index >= 15 is 0 Å². The zero-order valence-corrected chi connectivity index (χ0v) is 13.9. The molecule has 1 heterocycles. The maximum absolute atomic E-state index is 13.6. The summed E-state index contributed by atoms with van der Waals surface area (Å²) in [5.41, 5.74) is -6.34. The van der Waals surface area contributed by atoms with Crippen LogP contribution in [0, 0.1) is 0 Å². The zero-order valence-electron chi connectivity index (χ0n) is 13.9. The van der Waals surface area contributed by atoms with Gasteiger partial charge in [0.2, 0.25) is 0 Å². The summed E-state index contributed by atoms with van der Waals surface area (Å²) in [5.74, 6) is -3.69. The summed E-state index contributed by atoms with van der Waals surface area (Å²) < 4.78 is 90.4. The van der Waals surface area contributed by atoms with Crippen LogP contribution >= 0.6 is 0 Å². The smallest absolute Gasteiger partial charge is 0.423 e. The highest BCUT2D eigenvalue weighted by atomic mass is 19.4. The van der Waals surface area contributed by atoms with Gasteiger partial charge in [0.15, 0.2) is 16.8 Å². The van der Waals surface area contributed by atoms with Crippen molar-refractivity contribution in [2.24, 2.45) is 0 Å². The fourth-order valence-corrected chi connectivity index (χ4v) is 2.82. The summed E-state index contributed by atoms with van der Waals surface area (Å²) in [7, 11) is 0.588. The number of methoxy groups -OCH3 is 1. The van der Waals surface area contributed by atoms with Gasteiger partial charge in [-0.1, -0.05) is 30.3 Å². The van der Waals surface area contributed by atoms with Crippen molar-refractivity contribution in [3.8, 4) is 22.8 Å². The van der Waals surface area contributed by atoms with Crippen LogP contribution in [0.5, 0.6) is 11.5 Å². The summed E-state index contributed by atoms with van der Waals surface area (Å²) in [6, 6.07) is 8.22. The molecule has 0 aliphatic rings. The van der Waals surface area contributed by atoms with Gasteiger partial charge in [-0.05, 0) is 0 Å². The maximum Gasteiger partial charge on any atom is 0.423 e. The lowest BCUT2D eigenvalue weighted by atomic mass is 10.0. The highest BCUT2D eigenvalue weighted by molar-refractivity contribution is 5.92. The first kappa shape index (κ1) is 19.6. The monoisotopic (exact) mass is 404 g/mol. The third-order valence-electron chi connectivity index (χ3n) is 3.93. The molecule has 10 heteroatoms. The number of halogens is 6. The van der Waals surface area contributed by atoms with Crippen LogP contribution in [0.4, 0.5) is 26.3 Å². The molecule has 1 N–H and O–H groups in total. The molecule has 0 amide bonds. The highest BCUT2D eigenvalue weighted by Crippen LogP contribution is 2.52. The first-order valence-electron chi connectivity index (χ1n) is 7.57. The van der Waals surface area contributed by atoms with Crippen LogP contribution in [0.2, 0.25) is 0 Å². The molecule has 0 bridgehead atoms. The van der Waals surface area contributed by atoms with Crippen LogP contribution in [-0.2, 0) is 12.4 Å². The Morgan fingerprint density at radius 3 is 2.04 bits per heavy atom. The molecular weight excluding hydrogens is 394 g/mol. The molecule has 3 aromatic rings. The van der Waals surface area contributed by atoms with Gasteiger partial charge in [-0.15, -0.1) is 0 Å². The standard InChI is InChI=1S/C18H10F6O4/c1-27-16-12(17(19,20)21)14(26)11-9(25)7-10(8-5-3-2-4-6-8)28-15(11)13(16)18(22,23)24/h2-7,26H,1H3. The van der Waals surface area contributed by atoms with E-state index in [0.29, 0.717) is 13.2 Å². The van der Waals surface area contributed by atoms with E-state index in [-0.39, 0.29) is 11.3 Å². The van der Waals surface area contributed by atoms with Crippen LogP contribution in [0.3, 0.4) is 0 Å². The molecule has 0 unspecified atom stereocenters. The Labute approximate surface area is 152 Å². The van der Waals surface area contributed by atoms with E-state index in [1.165, 1.54) is 24.3 Å². The third-order valence-corrected chi connectivity index (χ3v) is 3.93. The van der Waals surface area contributed by atoms with Crippen LogP contribution in [0.1, 0.15) is 11.1 Å². The van der Waals surface area contributed by atoms with E-state index in [0.717, 1.165) is 0 Å². The Hall–Kier alpha value is -3.17. The fourth-order valence-electron chi connectivity index (χ4n) is 2.82. The lowest BCUT2D eigenvalue weighted by Gasteiger charge is -2.20. The first-order valence-corrected chi connectivity index (χ1v) is 7.57. The van der Waals surface area contributed by atoms with E-state index in [4.69, 9.17) is 4.42 Å². The second-order valence-electron chi connectivity index (χ2n) is 5.67. The van der Waals surface area contributed by atoms with Gasteiger partial charge < -0.3 is 14.3 Å². The molecule has 0 saturated heterocycles. The lowest BCUT2D eigenvalue weighted by Crippen LogP contribution is -2.17. The van der Waals surface area contributed by atoms with E-state index in [1.807, 2.05) is 0 Å². The topological polar surface area (TPSA) is 59.7 Å². The Morgan fingerprint density at radius 2 is 1.54 bits per heavy atom. The number of alkyl halides is 6. The Kier molecular flexibility index (Phi) is 4.52. The normalized spacial score (nSPS) is 12.4. The van der Waals surface area contributed by atoms with Gasteiger partial charge in [0.1, 0.15) is 28.0 Å². The van der Waals surface area contributed by atoms with E-state index in [9.17, 15) is 36.2 Å². The van der Waals surface area contributed by atoms with Crippen molar-refractivity contribution in [3.05, 3.63) is 57.7 Å². The van der Waals surface area contributed by atoms with Crippen LogP contribution < -0.4 is 10.2 Å². The summed E-state index contributed by atoms with van der Waals surface area (Å²) in [6.45, 7) is 0. The van der Waals surface area contributed by atoms with Crippen LogP contribution in [0.25, 0.3) is 22.3 Å². The molecule has 3 rings (SSSR count). The van der Waals surface area contributed by atoms with Crippen molar-refractivity contribution in [2.75, 3.05) is 7.11 Å². The Morgan fingerprint density at radius 1 is 0.964 bits per heavy atom. The molecule has 1 aromatic heterocycles. The number of ether oxygens (including phenoxy) is 1. The quantitative estimate of drug-likeness (QED) is 0.596. The van der Waals surface area contributed by atoms with Gasteiger partial charge in [0.05, 0.1) is 7.11 Å². The van der Waals surface area contributed by atoms with E-state index < -0.39 is 51.4 Å². The third kappa shape index (κ3) is 3.14. The largest absolute Gasteiger partial charge is 0.506 e. The molecule has 4 nitrogen and oxygen atoms in total. The summed E-state index contributed by atoms with van der Waals surface area (Å²) in [6.07, 6.45) is -10.8. The lowest BCUT2D eigenvalue weighted by molar-refractivity contribution is -0.145. The summed E-state index contributed by atoms with van der Waals surface area (Å²) in [4.78, 5) is 12.4. The van der Waals surface area contributed by atoms with Crippen LogP contribution in [-0.4, -0.2) is 12.2 Å². The predicted octanol–water partition coefficient (Wildman–Crippen LogP) is 5.21. The molecule has 0 aliphatic heterocycles. The minimum Gasteiger partial charge on any atom is -0.506 e. The highest BCUT2D eigenvalue weighted by Gasteiger charge is 2.47. The van der Waals surface area contributed by atoms with Crippen molar-refractivity contribution in [3.63, 3.8) is 0 Å². The molecular formula is C18H10F6O4. The Bertz CT molecular complexity index is 1100. The Balaban J connectivity index is 2.57. The molecule has 0 saturated carbocycles. The van der Waals surface area contributed by atoms with Crippen molar-refractivity contribution >= 4 is 11.0 Å². The molecule has 0 spiro atoms. The average molecular weight is 404 g/mol. The zero-order chi connectivity index (χ0) is 20.9. The maximum atomic E-state index is 13.6. The number of rotatable bonds is 2. The molecule has 148 valence electrons. The minimum absolute atomic E-state index is 0.216. The molecule has 2 aromatic carbocycles. The van der Waals surface area contributed by atoms with Crippen LogP contribution in [0.15, 0.2) is 45.6 Å². The van der Waals surface area contributed by atoms with Gasteiger partial charge >= 0.3 is 12.4 Å². The second kappa shape index (κ2) is 6.47. The summed E-state index contributed by atoms with van der Waals surface area (Å²) in [5, 5.41) is 8.77. The fraction of sp³-hybridized carbons (Fsp3) is 0.167. The number of phenolic OH excluding ortho intramolecular Hbond substituents is 1. The van der Waals surface area contributed by atoms with Gasteiger partial charge in [-0.2, -0.15) is 26.3 Å². The van der Waals surface area contributed by atoms with Crippen molar-refractivity contribution in [1.29, 1.82) is 0 Å². The van der Waals surface area contributed by atoms with Crippen molar-refractivity contribution in [1.82, 2.24) is 0 Å².